The number of hydrogen-bond acceptors (Lipinski definition) is 4. The van der Waals surface area contributed by atoms with E-state index < -0.39 is 0 Å². The molecule has 0 aliphatic carbocycles. The molecular weight excluding hydrogens is 334 g/mol. The standard InChI is InChI=1S/C19H21N3O2S/c23-13-15-3-1-14(2-4-15)9-16-5-6-21(11-16)18(24)10-17-12-22-7-8-25-19(22)20-17/h1-4,7-8,12,16,23H,5-6,9-11,13H2. The second-order valence-electron chi connectivity index (χ2n) is 6.68. The average molecular weight is 355 g/mol. The lowest BCUT2D eigenvalue weighted by atomic mass is 9.98. The van der Waals surface area contributed by atoms with E-state index in [0.29, 0.717) is 12.3 Å². The summed E-state index contributed by atoms with van der Waals surface area (Å²) in [4.78, 5) is 20.0. The zero-order valence-corrected chi connectivity index (χ0v) is 14.8. The van der Waals surface area contributed by atoms with Crippen LogP contribution in [0, 0.1) is 5.92 Å². The number of rotatable bonds is 5. The topological polar surface area (TPSA) is 57.8 Å². The van der Waals surface area contributed by atoms with E-state index in [2.05, 4.69) is 17.1 Å². The molecule has 3 heterocycles. The predicted octanol–water partition coefficient (Wildman–Crippen LogP) is 2.52. The molecule has 4 rings (SSSR count). The van der Waals surface area contributed by atoms with Gasteiger partial charge in [0.1, 0.15) is 0 Å². The number of carbonyl (C=O) groups is 1. The fraction of sp³-hybridized carbons (Fsp3) is 0.368. The summed E-state index contributed by atoms with van der Waals surface area (Å²) in [7, 11) is 0. The zero-order chi connectivity index (χ0) is 17.2. The van der Waals surface area contributed by atoms with Gasteiger partial charge in [-0.15, -0.1) is 11.3 Å². The number of imidazole rings is 1. The van der Waals surface area contributed by atoms with Gasteiger partial charge in [-0.25, -0.2) is 4.98 Å². The van der Waals surface area contributed by atoms with Crippen molar-refractivity contribution in [2.24, 2.45) is 5.92 Å². The summed E-state index contributed by atoms with van der Waals surface area (Å²) in [6.07, 6.45) is 6.32. The molecule has 5 nitrogen and oxygen atoms in total. The van der Waals surface area contributed by atoms with Crippen LogP contribution in [0.1, 0.15) is 23.2 Å². The largest absolute Gasteiger partial charge is 0.392 e. The Kier molecular flexibility index (Phi) is 4.55. The Morgan fingerprint density at radius 2 is 2.08 bits per heavy atom. The van der Waals surface area contributed by atoms with Crippen molar-refractivity contribution in [1.82, 2.24) is 14.3 Å². The number of carbonyl (C=O) groups excluding carboxylic acids is 1. The van der Waals surface area contributed by atoms with E-state index in [0.717, 1.165) is 42.1 Å². The third kappa shape index (κ3) is 3.60. The quantitative estimate of drug-likeness (QED) is 0.765. The van der Waals surface area contributed by atoms with E-state index in [-0.39, 0.29) is 12.5 Å². The highest BCUT2D eigenvalue weighted by molar-refractivity contribution is 7.15. The summed E-state index contributed by atoms with van der Waals surface area (Å²) in [5, 5.41) is 11.1. The summed E-state index contributed by atoms with van der Waals surface area (Å²) in [5.41, 5.74) is 3.05. The summed E-state index contributed by atoms with van der Waals surface area (Å²) in [6, 6.07) is 8.09. The van der Waals surface area contributed by atoms with Crippen molar-refractivity contribution in [3.63, 3.8) is 0 Å². The summed E-state index contributed by atoms with van der Waals surface area (Å²) in [6.45, 7) is 1.74. The van der Waals surface area contributed by atoms with Crippen LogP contribution in [-0.2, 0) is 24.2 Å². The first-order chi connectivity index (χ1) is 12.2. The number of nitrogens with zero attached hydrogens (tertiary/aromatic N) is 3. The van der Waals surface area contributed by atoms with Crippen molar-refractivity contribution >= 4 is 22.2 Å². The summed E-state index contributed by atoms with van der Waals surface area (Å²) in [5.74, 6) is 0.679. The third-order valence-corrected chi connectivity index (χ3v) is 5.61. The van der Waals surface area contributed by atoms with E-state index >= 15 is 0 Å². The molecule has 0 bridgehead atoms. The molecule has 1 aliphatic rings. The molecule has 1 atom stereocenters. The Bertz CT molecular complexity index is 840. The lowest BCUT2D eigenvalue weighted by molar-refractivity contribution is -0.129. The highest BCUT2D eigenvalue weighted by Crippen LogP contribution is 2.22. The van der Waals surface area contributed by atoms with E-state index in [1.54, 1.807) is 11.3 Å². The Balaban J connectivity index is 1.33. The first kappa shape index (κ1) is 16.3. The monoisotopic (exact) mass is 355 g/mol. The molecule has 1 aliphatic heterocycles. The first-order valence-electron chi connectivity index (χ1n) is 8.59. The molecule has 6 heteroatoms. The number of aliphatic hydroxyl groups excluding tert-OH is 1. The highest BCUT2D eigenvalue weighted by atomic mass is 32.1. The highest BCUT2D eigenvalue weighted by Gasteiger charge is 2.26. The fourth-order valence-corrected chi connectivity index (χ4v) is 4.19. The number of benzene rings is 1. The van der Waals surface area contributed by atoms with E-state index in [1.165, 1.54) is 5.56 Å². The minimum Gasteiger partial charge on any atom is -0.392 e. The van der Waals surface area contributed by atoms with Gasteiger partial charge in [0.15, 0.2) is 4.96 Å². The number of thiazole rings is 1. The normalized spacial score (nSPS) is 17.5. The SMILES string of the molecule is O=C(Cc1cn2ccsc2n1)N1CCC(Cc2ccc(CO)cc2)C1. The molecule has 25 heavy (non-hydrogen) atoms. The van der Waals surface area contributed by atoms with Crippen molar-refractivity contribution in [1.29, 1.82) is 0 Å². The van der Waals surface area contributed by atoms with E-state index in [1.807, 2.05) is 39.2 Å². The van der Waals surface area contributed by atoms with Gasteiger partial charge in [0.25, 0.3) is 0 Å². The summed E-state index contributed by atoms with van der Waals surface area (Å²) >= 11 is 1.58. The van der Waals surface area contributed by atoms with Gasteiger partial charge in [-0.3, -0.25) is 9.20 Å². The average Bonchev–Trinajstić information content (AvgIpc) is 3.31. The van der Waals surface area contributed by atoms with Crippen LogP contribution in [0.5, 0.6) is 0 Å². The van der Waals surface area contributed by atoms with Crippen LogP contribution in [0.3, 0.4) is 0 Å². The number of aliphatic hydroxyl groups is 1. The molecule has 1 unspecified atom stereocenters. The number of likely N-dealkylation sites (tertiary alicyclic amines) is 1. The van der Waals surface area contributed by atoms with Gasteiger partial charge < -0.3 is 10.0 Å². The molecule has 130 valence electrons. The van der Waals surface area contributed by atoms with Crippen LogP contribution in [0.2, 0.25) is 0 Å². The number of aromatic nitrogens is 2. The lowest BCUT2D eigenvalue weighted by Gasteiger charge is -2.16. The van der Waals surface area contributed by atoms with Crippen molar-refractivity contribution in [2.75, 3.05) is 13.1 Å². The number of amides is 1. The molecule has 0 saturated carbocycles. The molecule has 0 radical (unpaired) electrons. The minimum absolute atomic E-state index is 0.0811. The van der Waals surface area contributed by atoms with Crippen LogP contribution in [0.25, 0.3) is 4.96 Å². The predicted molar refractivity (Wildman–Crippen MR) is 97.5 cm³/mol. The van der Waals surface area contributed by atoms with Crippen LogP contribution in [0.4, 0.5) is 0 Å². The minimum atomic E-state index is 0.0811. The molecule has 1 amide bonds. The Hall–Kier alpha value is -2.18. The van der Waals surface area contributed by atoms with Crippen LogP contribution < -0.4 is 0 Å². The van der Waals surface area contributed by atoms with Crippen molar-refractivity contribution in [3.8, 4) is 0 Å². The second-order valence-corrected chi connectivity index (χ2v) is 7.55. The van der Waals surface area contributed by atoms with Gasteiger partial charge in [0.05, 0.1) is 18.7 Å². The van der Waals surface area contributed by atoms with E-state index in [4.69, 9.17) is 5.11 Å². The van der Waals surface area contributed by atoms with Gasteiger partial charge in [-0.1, -0.05) is 24.3 Å². The van der Waals surface area contributed by atoms with E-state index in [9.17, 15) is 4.79 Å². The van der Waals surface area contributed by atoms with Gasteiger partial charge >= 0.3 is 0 Å². The van der Waals surface area contributed by atoms with Crippen molar-refractivity contribution in [2.45, 2.75) is 25.9 Å². The lowest BCUT2D eigenvalue weighted by Crippen LogP contribution is -2.30. The maximum atomic E-state index is 12.5. The van der Waals surface area contributed by atoms with Crippen molar-refractivity contribution < 1.29 is 9.90 Å². The molecule has 1 N–H and O–H groups in total. The number of fused-ring (bicyclic) bond motifs is 1. The number of hydrogen-bond donors (Lipinski definition) is 1. The first-order valence-corrected chi connectivity index (χ1v) is 9.47. The van der Waals surface area contributed by atoms with Gasteiger partial charge in [-0.05, 0) is 29.9 Å². The van der Waals surface area contributed by atoms with Crippen LogP contribution in [-0.4, -0.2) is 38.4 Å². The summed E-state index contributed by atoms with van der Waals surface area (Å²) < 4.78 is 1.97. The molecular formula is C19H21N3O2S. The van der Waals surface area contributed by atoms with Gasteiger partial charge in [-0.2, -0.15) is 0 Å². The molecule has 0 spiro atoms. The van der Waals surface area contributed by atoms with Crippen LogP contribution >= 0.6 is 11.3 Å². The maximum absolute atomic E-state index is 12.5. The fourth-order valence-electron chi connectivity index (χ4n) is 3.47. The Labute approximate surface area is 150 Å². The van der Waals surface area contributed by atoms with Crippen LogP contribution in [0.15, 0.2) is 42.0 Å². The zero-order valence-electron chi connectivity index (χ0n) is 14.0. The Morgan fingerprint density at radius 1 is 1.28 bits per heavy atom. The van der Waals surface area contributed by atoms with Gasteiger partial charge in [0.2, 0.25) is 5.91 Å². The molecule has 3 aromatic rings. The molecule has 1 fully saturated rings. The third-order valence-electron chi connectivity index (χ3n) is 4.84. The maximum Gasteiger partial charge on any atom is 0.228 e. The Morgan fingerprint density at radius 3 is 2.84 bits per heavy atom. The van der Waals surface area contributed by atoms with Gasteiger partial charge in [0, 0.05) is 30.9 Å². The molecule has 1 aromatic carbocycles. The second kappa shape index (κ2) is 6.98. The smallest absolute Gasteiger partial charge is 0.228 e. The van der Waals surface area contributed by atoms with Crippen molar-refractivity contribution in [3.05, 3.63) is 58.9 Å². The molecule has 1 saturated heterocycles. The molecule has 2 aromatic heterocycles.